The quantitative estimate of drug-likeness (QED) is 0.759. The Labute approximate surface area is 129 Å². The zero-order chi connectivity index (χ0) is 14.5. The normalized spacial score (nSPS) is 10.8. The van der Waals surface area contributed by atoms with Crippen LogP contribution in [0.4, 0.5) is 0 Å². The molecule has 0 N–H and O–H groups in total. The van der Waals surface area contributed by atoms with Crippen molar-refractivity contribution >= 4 is 21.7 Å². The molecule has 0 amide bonds. The monoisotopic (exact) mass is 330 g/mol. The minimum atomic E-state index is 0.250. The summed E-state index contributed by atoms with van der Waals surface area (Å²) >= 11 is 3.43. The molecule has 0 aliphatic heterocycles. The van der Waals surface area contributed by atoms with Crippen LogP contribution in [0.5, 0.6) is 0 Å². The first-order valence-corrected chi connectivity index (χ1v) is 7.69. The summed E-state index contributed by atoms with van der Waals surface area (Å²) in [5, 5.41) is 0. The summed E-state index contributed by atoms with van der Waals surface area (Å²) in [5.41, 5.74) is 3.46. The molecule has 2 heteroatoms. The van der Waals surface area contributed by atoms with Crippen molar-refractivity contribution in [2.24, 2.45) is 0 Å². The third kappa shape index (κ3) is 4.31. The number of Topliss-reactive ketones (excluding diaryl/α,β-unsaturated/α-hetero) is 1. The molecular formula is C18H19BrO. The van der Waals surface area contributed by atoms with E-state index in [1.54, 1.807) is 0 Å². The van der Waals surface area contributed by atoms with Crippen LogP contribution in [0.2, 0.25) is 0 Å². The second-order valence-electron chi connectivity index (χ2n) is 5.42. The van der Waals surface area contributed by atoms with Crippen molar-refractivity contribution < 1.29 is 4.79 Å². The summed E-state index contributed by atoms with van der Waals surface area (Å²) < 4.78 is 1.02. The Bertz CT molecular complexity index is 585. The number of rotatable bonds is 5. The maximum absolute atomic E-state index is 12.1. The number of halogens is 1. The number of carbonyl (C=O) groups excluding carboxylic acids is 1. The lowest BCUT2D eigenvalue weighted by Crippen LogP contribution is -2.06. The van der Waals surface area contributed by atoms with Crippen molar-refractivity contribution in [2.75, 3.05) is 0 Å². The topological polar surface area (TPSA) is 17.1 Å². The van der Waals surface area contributed by atoms with Crippen molar-refractivity contribution in [1.82, 2.24) is 0 Å². The molecular weight excluding hydrogens is 312 g/mol. The number of ketones is 1. The second-order valence-corrected chi connectivity index (χ2v) is 6.33. The molecule has 2 aromatic carbocycles. The van der Waals surface area contributed by atoms with Crippen LogP contribution in [0.3, 0.4) is 0 Å². The molecule has 0 spiro atoms. The first-order valence-electron chi connectivity index (χ1n) is 6.89. The van der Waals surface area contributed by atoms with Gasteiger partial charge in [-0.25, -0.2) is 0 Å². The van der Waals surface area contributed by atoms with E-state index in [0.717, 1.165) is 15.6 Å². The van der Waals surface area contributed by atoms with Crippen LogP contribution in [0.25, 0.3) is 0 Å². The molecule has 0 heterocycles. The van der Waals surface area contributed by atoms with E-state index in [1.807, 2.05) is 24.3 Å². The van der Waals surface area contributed by atoms with Crippen LogP contribution < -0.4 is 0 Å². The Morgan fingerprint density at radius 2 is 1.65 bits per heavy atom. The molecule has 0 aliphatic carbocycles. The fourth-order valence-corrected chi connectivity index (χ4v) is 2.63. The number of hydrogen-bond acceptors (Lipinski definition) is 1. The lowest BCUT2D eigenvalue weighted by Gasteiger charge is -2.07. The average Bonchev–Trinajstić information content (AvgIpc) is 2.39. The van der Waals surface area contributed by atoms with Gasteiger partial charge in [-0.2, -0.15) is 0 Å². The smallest absolute Gasteiger partial charge is 0.141 e. The predicted octanol–water partition coefficient (Wildman–Crippen LogP) is 4.93. The van der Waals surface area contributed by atoms with Crippen LogP contribution in [0, 0.1) is 0 Å². The van der Waals surface area contributed by atoms with Gasteiger partial charge in [0.25, 0.3) is 0 Å². The van der Waals surface area contributed by atoms with E-state index < -0.39 is 0 Å². The van der Waals surface area contributed by atoms with Gasteiger partial charge in [0.15, 0.2) is 0 Å². The molecule has 0 atom stereocenters. The van der Waals surface area contributed by atoms with Crippen molar-refractivity contribution in [3.8, 4) is 0 Å². The lowest BCUT2D eigenvalue weighted by molar-refractivity contribution is -0.117. The van der Waals surface area contributed by atoms with Gasteiger partial charge < -0.3 is 0 Å². The standard InChI is InChI=1S/C18H19BrO/c1-13(2)16-8-6-14(7-9-16)11-18(20)12-15-4-3-5-17(19)10-15/h3-10,13H,11-12H2,1-2H3. The van der Waals surface area contributed by atoms with E-state index >= 15 is 0 Å². The molecule has 0 radical (unpaired) electrons. The van der Waals surface area contributed by atoms with Crippen LogP contribution in [0.1, 0.15) is 36.5 Å². The Morgan fingerprint density at radius 1 is 1.00 bits per heavy atom. The highest BCUT2D eigenvalue weighted by Gasteiger charge is 2.06. The predicted molar refractivity (Wildman–Crippen MR) is 87.1 cm³/mol. The molecule has 0 bridgehead atoms. The van der Waals surface area contributed by atoms with Gasteiger partial charge in [0.05, 0.1) is 0 Å². The lowest BCUT2D eigenvalue weighted by atomic mass is 9.98. The summed E-state index contributed by atoms with van der Waals surface area (Å²) in [4.78, 5) is 12.1. The molecule has 0 unspecified atom stereocenters. The van der Waals surface area contributed by atoms with Crippen LogP contribution in [-0.2, 0) is 17.6 Å². The highest BCUT2D eigenvalue weighted by atomic mass is 79.9. The maximum atomic E-state index is 12.1. The average molecular weight is 331 g/mol. The largest absolute Gasteiger partial charge is 0.299 e. The van der Waals surface area contributed by atoms with Gasteiger partial charge in [-0.3, -0.25) is 4.79 Å². The molecule has 104 valence electrons. The van der Waals surface area contributed by atoms with E-state index in [2.05, 4.69) is 54.0 Å². The first kappa shape index (κ1) is 15.0. The molecule has 2 aromatic rings. The van der Waals surface area contributed by atoms with Crippen molar-refractivity contribution in [3.63, 3.8) is 0 Å². The minimum Gasteiger partial charge on any atom is -0.299 e. The molecule has 0 saturated carbocycles. The van der Waals surface area contributed by atoms with Crippen LogP contribution in [-0.4, -0.2) is 5.78 Å². The van der Waals surface area contributed by atoms with E-state index in [0.29, 0.717) is 18.8 Å². The summed E-state index contributed by atoms with van der Waals surface area (Å²) in [5.74, 6) is 0.779. The SMILES string of the molecule is CC(C)c1ccc(CC(=O)Cc2cccc(Br)c2)cc1. The van der Waals surface area contributed by atoms with E-state index in [-0.39, 0.29) is 5.78 Å². The highest BCUT2D eigenvalue weighted by molar-refractivity contribution is 9.10. The zero-order valence-corrected chi connectivity index (χ0v) is 13.5. The van der Waals surface area contributed by atoms with Crippen molar-refractivity contribution in [2.45, 2.75) is 32.6 Å². The third-order valence-corrected chi connectivity index (χ3v) is 3.83. The third-order valence-electron chi connectivity index (χ3n) is 3.34. The number of benzene rings is 2. The maximum Gasteiger partial charge on any atom is 0.141 e. The summed E-state index contributed by atoms with van der Waals surface area (Å²) in [6.45, 7) is 4.35. The van der Waals surface area contributed by atoms with E-state index in [1.165, 1.54) is 5.56 Å². The second kappa shape index (κ2) is 6.85. The van der Waals surface area contributed by atoms with E-state index in [4.69, 9.17) is 0 Å². The molecule has 2 rings (SSSR count). The van der Waals surface area contributed by atoms with Gasteiger partial charge in [-0.1, -0.05) is 66.2 Å². The first-order chi connectivity index (χ1) is 9.54. The summed E-state index contributed by atoms with van der Waals surface area (Å²) in [7, 11) is 0. The van der Waals surface area contributed by atoms with Gasteiger partial charge >= 0.3 is 0 Å². The number of carbonyl (C=O) groups is 1. The number of hydrogen-bond donors (Lipinski definition) is 0. The molecule has 0 saturated heterocycles. The Morgan fingerprint density at radius 3 is 2.25 bits per heavy atom. The van der Waals surface area contributed by atoms with Gasteiger partial charge in [0, 0.05) is 17.3 Å². The fourth-order valence-electron chi connectivity index (χ4n) is 2.19. The van der Waals surface area contributed by atoms with E-state index in [9.17, 15) is 4.79 Å². The summed E-state index contributed by atoms with van der Waals surface area (Å²) in [6.07, 6.45) is 0.996. The molecule has 0 fully saturated rings. The van der Waals surface area contributed by atoms with Crippen LogP contribution in [0.15, 0.2) is 53.0 Å². The van der Waals surface area contributed by atoms with Crippen molar-refractivity contribution in [1.29, 1.82) is 0 Å². The molecule has 0 aliphatic rings. The Balaban J connectivity index is 1.97. The van der Waals surface area contributed by atoms with Gasteiger partial charge in [-0.05, 0) is 34.7 Å². The summed E-state index contributed by atoms with van der Waals surface area (Å²) in [6, 6.07) is 16.3. The molecule has 20 heavy (non-hydrogen) atoms. The van der Waals surface area contributed by atoms with Gasteiger partial charge in [-0.15, -0.1) is 0 Å². The molecule has 1 nitrogen and oxygen atoms in total. The van der Waals surface area contributed by atoms with Gasteiger partial charge in [0.1, 0.15) is 5.78 Å². The molecule has 0 aromatic heterocycles. The van der Waals surface area contributed by atoms with Crippen molar-refractivity contribution in [3.05, 3.63) is 69.7 Å². The Kier molecular flexibility index (Phi) is 5.13. The minimum absolute atomic E-state index is 0.250. The fraction of sp³-hybridized carbons (Fsp3) is 0.278. The zero-order valence-electron chi connectivity index (χ0n) is 11.9. The van der Waals surface area contributed by atoms with Gasteiger partial charge in [0.2, 0.25) is 0 Å². The Hall–Kier alpha value is -1.41. The highest BCUT2D eigenvalue weighted by Crippen LogP contribution is 2.16. The van der Waals surface area contributed by atoms with Crippen LogP contribution >= 0.6 is 15.9 Å².